The highest BCUT2D eigenvalue weighted by Gasteiger charge is 2.07. The Morgan fingerprint density at radius 1 is 0.905 bits per heavy atom. The molecule has 0 aliphatic heterocycles. The monoisotopic (exact) mass is 295 g/mol. The zero-order chi connectivity index (χ0) is 15.7. The molecule has 0 saturated carbocycles. The third kappa shape index (κ3) is 6.55. The lowest BCUT2D eigenvalue weighted by molar-refractivity contribution is 0.238. The van der Waals surface area contributed by atoms with Crippen molar-refractivity contribution in [3.05, 3.63) is 35.1 Å². The van der Waals surface area contributed by atoms with Crippen LogP contribution in [0, 0.1) is 5.82 Å². The standard InChI is InChI=1S/C17H30FN3/c1-4-20(5-2)8-7-9-21(6-3)14-16-10-15(13-19)11-17(18)12-16/h10-12H,4-9,13-14,19H2,1-3H3. The number of hydrogen-bond donors (Lipinski definition) is 1. The van der Waals surface area contributed by atoms with E-state index >= 15 is 0 Å². The minimum Gasteiger partial charge on any atom is -0.326 e. The first kappa shape index (κ1) is 18.1. The highest BCUT2D eigenvalue weighted by atomic mass is 19.1. The smallest absolute Gasteiger partial charge is 0.123 e. The topological polar surface area (TPSA) is 32.5 Å². The molecule has 4 heteroatoms. The fourth-order valence-electron chi connectivity index (χ4n) is 2.59. The van der Waals surface area contributed by atoms with Crippen LogP contribution >= 0.6 is 0 Å². The molecule has 1 aromatic rings. The molecule has 0 aromatic heterocycles. The van der Waals surface area contributed by atoms with Crippen LogP contribution in [0.3, 0.4) is 0 Å². The molecule has 0 aliphatic carbocycles. The van der Waals surface area contributed by atoms with E-state index in [1.54, 1.807) is 6.07 Å². The van der Waals surface area contributed by atoms with Gasteiger partial charge in [0.15, 0.2) is 0 Å². The number of halogens is 1. The molecule has 0 fully saturated rings. The van der Waals surface area contributed by atoms with Crippen LogP contribution in [0.5, 0.6) is 0 Å². The van der Waals surface area contributed by atoms with Gasteiger partial charge in [0.25, 0.3) is 0 Å². The van der Waals surface area contributed by atoms with Gasteiger partial charge in [-0.1, -0.05) is 26.8 Å². The van der Waals surface area contributed by atoms with Gasteiger partial charge in [0, 0.05) is 13.1 Å². The van der Waals surface area contributed by atoms with Crippen molar-refractivity contribution in [2.45, 2.75) is 40.3 Å². The summed E-state index contributed by atoms with van der Waals surface area (Å²) in [4.78, 5) is 4.79. The predicted molar refractivity (Wildman–Crippen MR) is 87.6 cm³/mol. The number of benzene rings is 1. The van der Waals surface area contributed by atoms with Gasteiger partial charge >= 0.3 is 0 Å². The summed E-state index contributed by atoms with van der Waals surface area (Å²) in [5.74, 6) is -0.188. The van der Waals surface area contributed by atoms with Crippen LogP contribution in [0.25, 0.3) is 0 Å². The Kier molecular flexibility index (Phi) is 8.50. The molecule has 1 rings (SSSR count). The van der Waals surface area contributed by atoms with Gasteiger partial charge in [-0.05, 0) is 62.4 Å². The molecule has 0 radical (unpaired) electrons. The number of nitrogens with two attached hydrogens (primary N) is 1. The number of hydrogen-bond acceptors (Lipinski definition) is 3. The summed E-state index contributed by atoms with van der Waals surface area (Å²) >= 11 is 0. The summed E-state index contributed by atoms with van der Waals surface area (Å²) in [5, 5.41) is 0. The van der Waals surface area contributed by atoms with E-state index in [1.807, 2.05) is 6.07 Å². The Morgan fingerprint density at radius 2 is 1.48 bits per heavy atom. The Morgan fingerprint density at radius 3 is 2.05 bits per heavy atom. The first-order valence-electron chi connectivity index (χ1n) is 8.06. The van der Waals surface area contributed by atoms with Crippen molar-refractivity contribution in [3.8, 4) is 0 Å². The van der Waals surface area contributed by atoms with E-state index in [9.17, 15) is 4.39 Å². The van der Waals surface area contributed by atoms with Crippen molar-refractivity contribution in [1.29, 1.82) is 0 Å². The van der Waals surface area contributed by atoms with Gasteiger partial charge < -0.3 is 10.6 Å². The van der Waals surface area contributed by atoms with Crippen molar-refractivity contribution >= 4 is 0 Å². The van der Waals surface area contributed by atoms with Crippen molar-refractivity contribution in [2.24, 2.45) is 5.73 Å². The maximum atomic E-state index is 13.5. The second-order valence-electron chi connectivity index (χ2n) is 5.42. The Bertz CT molecular complexity index is 405. The SMILES string of the molecule is CCN(CC)CCCN(CC)Cc1cc(F)cc(CN)c1. The zero-order valence-corrected chi connectivity index (χ0v) is 13.7. The maximum absolute atomic E-state index is 13.5. The van der Waals surface area contributed by atoms with E-state index in [-0.39, 0.29) is 5.82 Å². The lowest BCUT2D eigenvalue weighted by Gasteiger charge is -2.23. The molecule has 1 aromatic carbocycles. The maximum Gasteiger partial charge on any atom is 0.123 e. The Labute approximate surface area is 128 Å². The van der Waals surface area contributed by atoms with E-state index in [0.29, 0.717) is 6.54 Å². The van der Waals surface area contributed by atoms with Crippen LogP contribution in [0.4, 0.5) is 4.39 Å². The van der Waals surface area contributed by atoms with Gasteiger partial charge in [0.05, 0.1) is 0 Å². The van der Waals surface area contributed by atoms with Crippen LogP contribution in [-0.4, -0.2) is 42.5 Å². The molecular weight excluding hydrogens is 265 g/mol. The van der Waals surface area contributed by atoms with Gasteiger partial charge in [-0.25, -0.2) is 4.39 Å². The first-order chi connectivity index (χ1) is 10.1. The van der Waals surface area contributed by atoms with Crippen molar-refractivity contribution in [2.75, 3.05) is 32.7 Å². The third-order valence-corrected chi connectivity index (χ3v) is 3.95. The first-order valence-corrected chi connectivity index (χ1v) is 8.06. The molecule has 3 nitrogen and oxygen atoms in total. The molecule has 21 heavy (non-hydrogen) atoms. The zero-order valence-electron chi connectivity index (χ0n) is 13.7. The van der Waals surface area contributed by atoms with Crippen LogP contribution in [-0.2, 0) is 13.1 Å². The lowest BCUT2D eigenvalue weighted by Crippen LogP contribution is -2.29. The molecule has 0 atom stereocenters. The van der Waals surface area contributed by atoms with Gasteiger partial charge in [-0.3, -0.25) is 4.90 Å². The summed E-state index contributed by atoms with van der Waals surface area (Å²) in [6.45, 7) is 13.1. The van der Waals surface area contributed by atoms with E-state index < -0.39 is 0 Å². The van der Waals surface area contributed by atoms with Gasteiger partial charge in [0.1, 0.15) is 5.82 Å². The molecule has 2 N–H and O–H groups in total. The van der Waals surface area contributed by atoms with E-state index in [0.717, 1.165) is 56.8 Å². The summed E-state index contributed by atoms with van der Waals surface area (Å²) < 4.78 is 13.5. The number of nitrogens with zero attached hydrogens (tertiary/aromatic N) is 2. The van der Waals surface area contributed by atoms with Crippen LogP contribution in [0.15, 0.2) is 18.2 Å². The quantitative estimate of drug-likeness (QED) is 0.720. The second kappa shape index (κ2) is 9.87. The summed E-state index contributed by atoms with van der Waals surface area (Å²) in [6.07, 6.45) is 1.15. The normalized spacial score (nSPS) is 11.6. The van der Waals surface area contributed by atoms with Crippen LogP contribution in [0.1, 0.15) is 38.3 Å². The summed E-state index contributed by atoms with van der Waals surface area (Å²) in [6, 6.07) is 5.14. The van der Waals surface area contributed by atoms with Crippen molar-refractivity contribution in [3.63, 3.8) is 0 Å². The van der Waals surface area contributed by atoms with Gasteiger partial charge in [-0.2, -0.15) is 0 Å². The average molecular weight is 295 g/mol. The van der Waals surface area contributed by atoms with Gasteiger partial charge in [0.2, 0.25) is 0 Å². The summed E-state index contributed by atoms with van der Waals surface area (Å²) in [5.41, 5.74) is 7.49. The fraction of sp³-hybridized carbons (Fsp3) is 0.647. The van der Waals surface area contributed by atoms with E-state index in [1.165, 1.54) is 6.07 Å². The molecule has 0 spiro atoms. The third-order valence-electron chi connectivity index (χ3n) is 3.95. The molecule has 0 amide bonds. The highest BCUT2D eigenvalue weighted by molar-refractivity contribution is 5.24. The largest absolute Gasteiger partial charge is 0.326 e. The van der Waals surface area contributed by atoms with E-state index in [2.05, 4.69) is 30.6 Å². The molecule has 0 aliphatic rings. The van der Waals surface area contributed by atoms with Gasteiger partial charge in [-0.15, -0.1) is 0 Å². The molecule has 0 unspecified atom stereocenters. The Balaban J connectivity index is 2.51. The van der Waals surface area contributed by atoms with Crippen LogP contribution in [0.2, 0.25) is 0 Å². The average Bonchev–Trinajstić information content (AvgIpc) is 2.49. The molecular formula is C17H30FN3. The highest BCUT2D eigenvalue weighted by Crippen LogP contribution is 2.12. The Hall–Kier alpha value is -0.970. The van der Waals surface area contributed by atoms with Crippen LogP contribution < -0.4 is 5.73 Å². The predicted octanol–water partition coefficient (Wildman–Crippen LogP) is 2.84. The van der Waals surface area contributed by atoms with Crippen molar-refractivity contribution < 1.29 is 4.39 Å². The molecule has 120 valence electrons. The molecule has 0 bridgehead atoms. The molecule has 0 saturated heterocycles. The summed E-state index contributed by atoms with van der Waals surface area (Å²) in [7, 11) is 0. The minimum atomic E-state index is -0.188. The number of rotatable bonds is 10. The second-order valence-corrected chi connectivity index (χ2v) is 5.42. The molecule has 0 heterocycles. The fourth-order valence-corrected chi connectivity index (χ4v) is 2.59. The minimum absolute atomic E-state index is 0.188. The lowest BCUT2D eigenvalue weighted by atomic mass is 10.1. The van der Waals surface area contributed by atoms with E-state index in [4.69, 9.17) is 5.73 Å². The van der Waals surface area contributed by atoms with Crippen molar-refractivity contribution in [1.82, 2.24) is 9.80 Å².